The Labute approximate surface area is 167 Å². The van der Waals surface area contributed by atoms with Crippen molar-refractivity contribution >= 4 is 22.9 Å². The number of rotatable bonds is 5. The maximum Gasteiger partial charge on any atom is 0.259 e. The molecule has 3 heterocycles. The number of nitrogens with zero attached hydrogens (tertiary/aromatic N) is 3. The molecule has 0 aliphatic carbocycles. The summed E-state index contributed by atoms with van der Waals surface area (Å²) in [6.45, 7) is 4.09. The fourth-order valence-electron chi connectivity index (χ4n) is 3.15. The Morgan fingerprint density at radius 2 is 2.00 bits per heavy atom. The minimum absolute atomic E-state index is 0.113. The molecule has 28 heavy (non-hydrogen) atoms. The highest BCUT2D eigenvalue weighted by Crippen LogP contribution is 2.26. The SMILES string of the molecule is CC(C)c1c(C(=O)Nc2cccc(-c3ccsc3)c2)cnn1-c1ccccn1. The smallest absolute Gasteiger partial charge is 0.259 e. The third kappa shape index (κ3) is 3.59. The highest BCUT2D eigenvalue weighted by atomic mass is 32.1. The Bertz CT molecular complexity index is 1080. The zero-order chi connectivity index (χ0) is 19.5. The summed E-state index contributed by atoms with van der Waals surface area (Å²) < 4.78 is 1.74. The molecular weight excluding hydrogens is 368 g/mol. The van der Waals surface area contributed by atoms with Gasteiger partial charge in [-0.15, -0.1) is 0 Å². The summed E-state index contributed by atoms with van der Waals surface area (Å²) in [4.78, 5) is 17.4. The normalized spacial score (nSPS) is 11.0. The van der Waals surface area contributed by atoms with Crippen LogP contribution in [0.5, 0.6) is 0 Å². The van der Waals surface area contributed by atoms with Gasteiger partial charge in [-0.3, -0.25) is 4.79 Å². The first-order valence-corrected chi connectivity index (χ1v) is 10.0. The van der Waals surface area contributed by atoms with Crippen molar-refractivity contribution in [2.45, 2.75) is 19.8 Å². The molecule has 0 aliphatic heterocycles. The Morgan fingerprint density at radius 3 is 2.71 bits per heavy atom. The number of hydrogen-bond donors (Lipinski definition) is 1. The van der Waals surface area contributed by atoms with Crippen LogP contribution < -0.4 is 5.32 Å². The molecule has 1 amide bonds. The average molecular weight is 388 g/mol. The van der Waals surface area contributed by atoms with Gasteiger partial charge in [0, 0.05) is 11.9 Å². The highest BCUT2D eigenvalue weighted by Gasteiger charge is 2.21. The minimum atomic E-state index is -0.173. The molecule has 0 atom stereocenters. The van der Waals surface area contributed by atoms with Crippen LogP contribution in [0.15, 0.2) is 71.7 Å². The molecule has 4 rings (SSSR count). The van der Waals surface area contributed by atoms with Gasteiger partial charge in [-0.05, 0) is 58.1 Å². The molecule has 4 aromatic rings. The number of benzene rings is 1. The van der Waals surface area contributed by atoms with Crippen LogP contribution >= 0.6 is 11.3 Å². The minimum Gasteiger partial charge on any atom is -0.322 e. The van der Waals surface area contributed by atoms with E-state index in [1.54, 1.807) is 28.4 Å². The van der Waals surface area contributed by atoms with Gasteiger partial charge in [0.2, 0.25) is 0 Å². The van der Waals surface area contributed by atoms with E-state index in [1.165, 1.54) is 0 Å². The summed E-state index contributed by atoms with van der Waals surface area (Å²) >= 11 is 1.65. The summed E-state index contributed by atoms with van der Waals surface area (Å²) in [7, 11) is 0. The topological polar surface area (TPSA) is 59.8 Å². The van der Waals surface area contributed by atoms with Gasteiger partial charge in [0.25, 0.3) is 5.91 Å². The molecule has 0 fully saturated rings. The van der Waals surface area contributed by atoms with Gasteiger partial charge >= 0.3 is 0 Å². The Hall–Kier alpha value is -3.25. The number of carbonyl (C=O) groups excluding carboxylic acids is 1. The molecule has 1 aromatic carbocycles. The van der Waals surface area contributed by atoms with E-state index < -0.39 is 0 Å². The lowest BCUT2D eigenvalue weighted by atomic mass is 10.0. The van der Waals surface area contributed by atoms with Crippen molar-refractivity contribution in [2.24, 2.45) is 0 Å². The van der Waals surface area contributed by atoms with Crippen LogP contribution in [0.1, 0.15) is 35.8 Å². The van der Waals surface area contributed by atoms with Gasteiger partial charge in [-0.1, -0.05) is 32.0 Å². The predicted molar refractivity (Wildman–Crippen MR) is 113 cm³/mol. The van der Waals surface area contributed by atoms with Crippen molar-refractivity contribution in [2.75, 3.05) is 5.32 Å². The number of nitrogens with one attached hydrogen (secondary N) is 1. The fraction of sp³-hybridized carbons (Fsp3) is 0.136. The molecule has 6 heteroatoms. The molecule has 0 aliphatic rings. The quantitative estimate of drug-likeness (QED) is 0.500. The van der Waals surface area contributed by atoms with Gasteiger partial charge < -0.3 is 5.32 Å². The maximum absolute atomic E-state index is 13.0. The van der Waals surface area contributed by atoms with E-state index in [9.17, 15) is 4.79 Å². The summed E-state index contributed by atoms with van der Waals surface area (Å²) in [5.41, 5.74) is 4.38. The molecule has 140 valence electrons. The second-order valence-electron chi connectivity index (χ2n) is 6.74. The monoisotopic (exact) mass is 388 g/mol. The van der Waals surface area contributed by atoms with E-state index in [1.807, 2.05) is 61.7 Å². The van der Waals surface area contributed by atoms with E-state index in [4.69, 9.17) is 0 Å². The molecule has 0 bridgehead atoms. The first-order chi connectivity index (χ1) is 13.6. The summed E-state index contributed by atoms with van der Waals surface area (Å²) in [5, 5.41) is 11.6. The summed E-state index contributed by atoms with van der Waals surface area (Å²) in [5.74, 6) is 0.639. The maximum atomic E-state index is 13.0. The Balaban J connectivity index is 1.64. The van der Waals surface area contributed by atoms with E-state index in [0.717, 1.165) is 22.5 Å². The number of thiophene rings is 1. The Kier molecular flexibility index (Phi) is 5.04. The molecule has 0 unspecified atom stereocenters. The average Bonchev–Trinajstić information content (AvgIpc) is 3.39. The first kappa shape index (κ1) is 18.1. The first-order valence-electron chi connectivity index (χ1n) is 9.07. The van der Waals surface area contributed by atoms with Gasteiger partial charge in [-0.2, -0.15) is 16.4 Å². The highest BCUT2D eigenvalue weighted by molar-refractivity contribution is 7.08. The number of pyridine rings is 1. The van der Waals surface area contributed by atoms with E-state index >= 15 is 0 Å². The number of amides is 1. The number of aromatic nitrogens is 3. The molecule has 0 radical (unpaired) electrons. The van der Waals surface area contributed by atoms with Gasteiger partial charge in [0.15, 0.2) is 5.82 Å². The third-order valence-electron chi connectivity index (χ3n) is 4.44. The third-order valence-corrected chi connectivity index (χ3v) is 5.12. The lowest BCUT2D eigenvalue weighted by Crippen LogP contribution is -2.15. The van der Waals surface area contributed by atoms with Crippen LogP contribution in [0.3, 0.4) is 0 Å². The zero-order valence-corrected chi connectivity index (χ0v) is 16.5. The fourth-order valence-corrected chi connectivity index (χ4v) is 3.82. The van der Waals surface area contributed by atoms with Crippen molar-refractivity contribution in [3.63, 3.8) is 0 Å². The summed E-state index contributed by atoms with van der Waals surface area (Å²) in [6, 6.07) is 15.6. The lowest BCUT2D eigenvalue weighted by molar-refractivity contribution is 0.102. The van der Waals surface area contributed by atoms with E-state index in [-0.39, 0.29) is 11.8 Å². The van der Waals surface area contributed by atoms with E-state index in [0.29, 0.717) is 11.4 Å². The molecular formula is C22H20N4OS. The molecule has 0 saturated heterocycles. The van der Waals surface area contributed by atoms with Crippen molar-refractivity contribution in [3.05, 3.63) is 82.9 Å². The predicted octanol–water partition coefficient (Wildman–Crippen LogP) is 5.37. The van der Waals surface area contributed by atoms with Gasteiger partial charge in [0.05, 0.1) is 17.5 Å². The van der Waals surface area contributed by atoms with Crippen LogP contribution in [0.25, 0.3) is 16.9 Å². The van der Waals surface area contributed by atoms with E-state index in [2.05, 4.69) is 26.8 Å². The van der Waals surface area contributed by atoms with Crippen LogP contribution in [-0.2, 0) is 0 Å². The van der Waals surface area contributed by atoms with Crippen LogP contribution in [0.4, 0.5) is 5.69 Å². The van der Waals surface area contributed by atoms with Gasteiger partial charge in [-0.25, -0.2) is 9.67 Å². The zero-order valence-electron chi connectivity index (χ0n) is 15.7. The number of anilines is 1. The van der Waals surface area contributed by atoms with Crippen molar-refractivity contribution in [1.29, 1.82) is 0 Å². The molecule has 5 nitrogen and oxygen atoms in total. The van der Waals surface area contributed by atoms with Crippen molar-refractivity contribution < 1.29 is 4.79 Å². The van der Waals surface area contributed by atoms with Crippen LogP contribution in [0.2, 0.25) is 0 Å². The standard InChI is InChI=1S/C22H20N4OS/c1-15(2)21-19(13-24-26(21)20-8-3-4-10-23-20)22(27)25-18-7-5-6-16(12-18)17-9-11-28-14-17/h3-15H,1-2H3,(H,25,27). The molecule has 1 N–H and O–H groups in total. The second kappa shape index (κ2) is 7.78. The second-order valence-corrected chi connectivity index (χ2v) is 7.52. The Morgan fingerprint density at radius 1 is 1.11 bits per heavy atom. The lowest BCUT2D eigenvalue weighted by Gasteiger charge is -2.12. The van der Waals surface area contributed by atoms with Crippen LogP contribution in [-0.4, -0.2) is 20.7 Å². The van der Waals surface area contributed by atoms with Crippen molar-refractivity contribution in [1.82, 2.24) is 14.8 Å². The number of hydrogen-bond acceptors (Lipinski definition) is 4. The molecule has 3 aromatic heterocycles. The largest absolute Gasteiger partial charge is 0.322 e. The van der Waals surface area contributed by atoms with Crippen molar-refractivity contribution in [3.8, 4) is 16.9 Å². The summed E-state index contributed by atoms with van der Waals surface area (Å²) in [6.07, 6.45) is 3.33. The molecule has 0 spiro atoms. The van der Waals surface area contributed by atoms with Crippen LogP contribution in [0, 0.1) is 0 Å². The van der Waals surface area contributed by atoms with Gasteiger partial charge in [0.1, 0.15) is 0 Å². The molecule has 0 saturated carbocycles. The number of carbonyl (C=O) groups is 1.